The third-order valence-corrected chi connectivity index (χ3v) is 5.88. The number of aromatic amines is 1. The molecule has 1 aliphatic heterocycles. The monoisotopic (exact) mass is 425 g/mol. The van der Waals surface area contributed by atoms with Gasteiger partial charge in [-0.25, -0.2) is 4.98 Å². The highest BCUT2D eigenvalue weighted by Crippen LogP contribution is 2.33. The van der Waals surface area contributed by atoms with Crippen molar-refractivity contribution in [2.45, 2.75) is 19.1 Å². The second-order valence-electron chi connectivity index (χ2n) is 7.96. The van der Waals surface area contributed by atoms with Gasteiger partial charge in [-0.15, -0.1) is 0 Å². The second kappa shape index (κ2) is 8.77. The van der Waals surface area contributed by atoms with Gasteiger partial charge >= 0.3 is 0 Å². The Bertz CT molecular complexity index is 1320. The van der Waals surface area contributed by atoms with E-state index in [0.717, 1.165) is 5.56 Å². The Morgan fingerprint density at radius 2 is 1.75 bits per heavy atom. The van der Waals surface area contributed by atoms with Crippen LogP contribution in [0.15, 0.2) is 83.7 Å². The van der Waals surface area contributed by atoms with E-state index in [1.54, 1.807) is 18.2 Å². The molecule has 4 aromatic rings. The van der Waals surface area contributed by atoms with Gasteiger partial charge in [-0.1, -0.05) is 66.7 Å². The van der Waals surface area contributed by atoms with Gasteiger partial charge in [0.05, 0.1) is 10.9 Å². The molecule has 160 valence electrons. The summed E-state index contributed by atoms with van der Waals surface area (Å²) in [7, 11) is 0. The molecule has 32 heavy (non-hydrogen) atoms. The molecular formula is C26H23N3O3. The number of carbonyl (C=O) groups is 1. The molecule has 0 fully saturated rings. The van der Waals surface area contributed by atoms with Crippen LogP contribution in [0.1, 0.15) is 28.4 Å². The topological polar surface area (TPSA) is 75.3 Å². The predicted octanol–water partition coefficient (Wildman–Crippen LogP) is 3.61. The number of aromatic nitrogens is 2. The molecule has 2 heterocycles. The largest absolute Gasteiger partial charge is 0.364 e. The van der Waals surface area contributed by atoms with Crippen LogP contribution in [-0.2, 0) is 22.7 Å². The second-order valence-corrected chi connectivity index (χ2v) is 7.96. The standard InChI is InChI=1S/C26H23N3O3/c30-25(17-32-16-24-27-23-13-7-6-12-21(23)26(31)28-24)29-14-19-10-4-5-11-20(19)22(15-29)18-8-2-1-3-9-18/h1-13,22H,14-17H2,(H,27,28,31)/t22-/m1/s1. The number of benzene rings is 3. The molecule has 6 heteroatoms. The van der Waals surface area contributed by atoms with Gasteiger partial charge in [-0.05, 0) is 28.8 Å². The van der Waals surface area contributed by atoms with Crippen molar-refractivity contribution < 1.29 is 9.53 Å². The molecule has 0 aliphatic carbocycles. The van der Waals surface area contributed by atoms with Gasteiger partial charge in [0.2, 0.25) is 5.91 Å². The number of fused-ring (bicyclic) bond motifs is 2. The lowest BCUT2D eigenvalue weighted by Gasteiger charge is -2.35. The zero-order valence-corrected chi connectivity index (χ0v) is 17.5. The van der Waals surface area contributed by atoms with Crippen LogP contribution in [0.3, 0.4) is 0 Å². The van der Waals surface area contributed by atoms with Gasteiger partial charge in [0.15, 0.2) is 0 Å². The summed E-state index contributed by atoms with van der Waals surface area (Å²) in [5.41, 5.74) is 4.01. The minimum Gasteiger partial charge on any atom is -0.364 e. The highest BCUT2D eigenvalue weighted by molar-refractivity contribution is 5.78. The van der Waals surface area contributed by atoms with E-state index >= 15 is 0 Å². The van der Waals surface area contributed by atoms with Crippen LogP contribution in [0.5, 0.6) is 0 Å². The molecule has 1 amide bonds. The van der Waals surface area contributed by atoms with Gasteiger partial charge in [0.1, 0.15) is 19.0 Å². The minimum atomic E-state index is -0.209. The minimum absolute atomic E-state index is 0.0678. The fraction of sp³-hybridized carbons (Fsp3) is 0.192. The van der Waals surface area contributed by atoms with Crippen LogP contribution in [-0.4, -0.2) is 33.9 Å². The van der Waals surface area contributed by atoms with Crippen molar-refractivity contribution in [2.24, 2.45) is 0 Å². The number of nitrogens with zero attached hydrogens (tertiary/aromatic N) is 2. The summed E-state index contributed by atoms with van der Waals surface area (Å²) >= 11 is 0. The van der Waals surface area contributed by atoms with E-state index in [9.17, 15) is 9.59 Å². The third-order valence-electron chi connectivity index (χ3n) is 5.88. The Balaban J connectivity index is 1.28. The Morgan fingerprint density at radius 1 is 1.00 bits per heavy atom. The number of para-hydroxylation sites is 1. The molecule has 0 radical (unpaired) electrons. The lowest BCUT2D eigenvalue weighted by atomic mass is 9.84. The van der Waals surface area contributed by atoms with E-state index < -0.39 is 0 Å². The lowest BCUT2D eigenvalue weighted by molar-refractivity contribution is -0.137. The first-order chi connectivity index (χ1) is 15.7. The van der Waals surface area contributed by atoms with Crippen molar-refractivity contribution >= 4 is 16.8 Å². The number of carbonyl (C=O) groups excluding carboxylic acids is 1. The molecule has 3 aromatic carbocycles. The Morgan fingerprint density at radius 3 is 2.62 bits per heavy atom. The maximum absolute atomic E-state index is 13.0. The first kappa shape index (κ1) is 20.2. The molecule has 5 rings (SSSR count). The third kappa shape index (κ3) is 4.05. The van der Waals surface area contributed by atoms with Crippen molar-refractivity contribution in [3.63, 3.8) is 0 Å². The fourth-order valence-electron chi connectivity index (χ4n) is 4.30. The molecule has 1 aromatic heterocycles. The number of H-pyrrole nitrogens is 1. The summed E-state index contributed by atoms with van der Waals surface area (Å²) in [5, 5.41) is 0.534. The first-order valence-electron chi connectivity index (χ1n) is 10.7. The van der Waals surface area contributed by atoms with Crippen molar-refractivity contribution in [3.8, 4) is 0 Å². The Hall–Kier alpha value is -3.77. The van der Waals surface area contributed by atoms with E-state index in [0.29, 0.717) is 29.8 Å². The Labute approximate surface area is 185 Å². The van der Waals surface area contributed by atoms with Gasteiger partial charge in [-0.2, -0.15) is 0 Å². The molecule has 1 aliphatic rings. The number of ether oxygens (including phenoxy) is 1. The van der Waals surface area contributed by atoms with Crippen molar-refractivity contribution in [3.05, 3.63) is 112 Å². The van der Waals surface area contributed by atoms with E-state index in [1.165, 1.54) is 11.1 Å². The lowest BCUT2D eigenvalue weighted by Crippen LogP contribution is -2.40. The average molecular weight is 425 g/mol. The molecule has 6 nitrogen and oxygen atoms in total. The SMILES string of the molecule is O=C(COCc1nc2ccccc2c(=O)[nH]1)N1Cc2ccccc2[C@@H](c2ccccc2)C1. The number of amides is 1. The highest BCUT2D eigenvalue weighted by atomic mass is 16.5. The van der Waals surface area contributed by atoms with Gasteiger partial charge in [0, 0.05) is 19.0 Å². The van der Waals surface area contributed by atoms with Crippen LogP contribution in [0.4, 0.5) is 0 Å². The highest BCUT2D eigenvalue weighted by Gasteiger charge is 2.28. The summed E-state index contributed by atoms with van der Waals surface area (Å²) < 4.78 is 5.64. The maximum Gasteiger partial charge on any atom is 0.258 e. The number of rotatable bonds is 5. The summed E-state index contributed by atoms with van der Waals surface area (Å²) in [6.07, 6.45) is 0. The molecule has 0 spiro atoms. The van der Waals surface area contributed by atoms with Crippen molar-refractivity contribution in [2.75, 3.05) is 13.2 Å². The van der Waals surface area contributed by atoms with E-state index in [1.807, 2.05) is 41.3 Å². The first-order valence-corrected chi connectivity index (χ1v) is 10.7. The van der Waals surface area contributed by atoms with Crippen molar-refractivity contribution in [1.82, 2.24) is 14.9 Å². The van der Waals surface area contributed by atoms with Gasteiger partial charge in [-0.3, -0.25) is 9.59 Å². The van der Waals surface area contributed by atoms with Crippen LogP contribution >= 0.6 is 0 Å². The summed E-state index contributed by atoms with van der Waals surface area (Å²) in [6.45, 7) is 1.17. The quantitative estimate of drug-likeness (QED) is 0.530. The summed E-state index contributed by atoms with van der Waals surface area (Å²) in [6, 6.07) is 25.7. The van der Waals surface area contributed by atoms with Crippen molar-refractivity contribution in [1.29, 1.82) is 0 Å². The summed E-state index contributed by atoms with van der Waals surface area (Å²) in [4.78, 5) is 34.2. The molecule has 0 bridgehead atoms. The van der Waals surface area contributed by atoms with E-state index in [4.69, 9.17) is 4.74 Å². The average Bonchev–Trinajstić information content (AvgIpc) is 2.84. The molecular weight excluding hydrogens is 402 g/mol. The van der Waals surface area contributed by atoms with Crippen LogP contribution in [0, 0.1) is 0 Å². The molecule has 1 N–H and O–H groups in total. The van der Waals surface area contributed by atoms with E-state index in [2.05, 4.69) is 34.2 Å². The molecule has 0 saturated heterocycles. The van der Waals surface area contributed by atoms with E-state index in [-0.39, 0.29) is 30.6 Å². The Kier molecular flexibility index (Phi) is 5.52. The molecule has 0 unspecified atom stereocenters. The zero-order valence-electron chi connectivity index (χ0n) is 17.5. The smallest absolute Gasteiger partial charge is 0.258 e. The number of hydrogen-bond acceptors (Lipinski definition) is 4. The number of hydrogen-bond donors (Lipinski definition) is 1. The maximum atomic E-state index is 13.0. The fourth-order valence-corrected chi connectivity index (χ4v) is 4.30. The van der Waals surface area contributed by atoms with Crippen LogP contribution < -0.4 is 5.56 Å². The van der Waals surface area contributed by atoms with Gasteiger partial charge < -0.3 is 14.6 Å². The van der Waals surface area contributed by atoms with Crippen LogP contribution in [0.2, 0.25) is 0 Å². The van der Waals surface area contributed by atoms with Gasteiger partial charge in [0.25, 0.3) is 5.56 Å². The number of nitrogens with one attached hydrogen (secondary N) is 1. The normalized spacial score (nSPS) is 15.5. The van der Waals surface area contributed by atoms with Crippen LogP contribution in [0.25, 0.3) is 10.9 Å². The zero-order chi connectivity index (χ0) is 21.9. The molecule has 1 atom stereocenters. The summed E-state index contributed by atoms with van der Waals surface area (Å²) in [5.74, 6) is 0.458. The predicted molar refractivity (Wildman–Crippen MR) is 122 cm³/mol. The molecule has 0 saturated carbocycles.